The van der Waals surface area contributed by atoms with Crippen LogP contribution in [0.4, 0.5) is 51.2 Å². The predicted molar refractivity (Wildman–Crippen MR) is 324 cm³/mol. The van der Waals surface area contributed by atoms with E-state index in [9.17, 15) is 0 Å². The van der Waals surface area contributed by atoms with Gasteiger partial charge in [-0.3, -0.25) is 0 Å². The van der Waals surface area contributed by atoms with Gasteiger partial charge in [-0.2, -0.15) is 0 Å². The second-order valence-electron chi connectivity index (χ2n) is 18.9. The third-order valence-electron chi connectivity index (χ3n) is 14.1. The Kier molecular flexibility index (Phi) is 14.7. The van der Waals surface area contributed by atoms with Crippen LogP contribution in [0.15, 0.2) is 322 Å². The third kappa shape index (κ3) is 10.7. The van der Waals surface area contributed by atoms with Crippen LogP contribution in [0.1, 0.15) is 31.2 Å². The van der Waals surface area contributed by atoms with Crippen molar-refractivity contribution in [2.24, 2.45) is 0 Å². The van der Waals surface area contributed by atoms with E-state index in [1.165, 1.54) is 33.7 Å². The minimum atomic E-state index is 0.911. The van der Waals surface area contributed by atoms with Crippen molar-refractivity contribution in [2.75, 3.05) is 19.6 Å². The number of allylic oxidation sites excluding steroid dienone is 10. The van der Waals surface area contributed by atoms with Crippen LogP contribution in [-0.2, 0) is 0 Å². The van der Waals surface area contributed by atoms with Crippen molar-refractivity contribution in [2.45, 2.75) is 25.7 Å². The fourth-order valence-electron chi connectivity index (χ4n) is 10.3. The zero-order chi connectivity index (χ0) is 51.5. The normalized spacial score (nSPS) is 13.2. The smallest absolute Gasteiger partial charge is 0.0462 e. The molecule has 2 aliphatic rings. The minimum absolute atomic E-state index is 0.911. The molecule has 4 nitrogen and oxygen atoms in total. The van der Waals surface area contributed by atoms with E-state index in [0.29, 0.717) is 0 Å². The SMILES string of the molecule is C=C/C=C(\C=C)N(c1ccccc1)c1ccc(-c2ccc(N(c3ccccc3)c3ccc(C4=CC=C(N(c5ccccc5)c5ccc(-c6ccc(N(C7=CCCC=C7)c7ccccc7)cc6)cc5)CC4)cc3)cc2)cc1. The number of rotatable bonds is 17. The lowest BCUT2D eigenvalue weighted by Crippen LogP contribution is -2.17. The van der Waals surface area contributed by atoms with Gasteiger partial charge in [-0.25, -0.2) is 0 Å². The first kappa shape index (κ1) is 48.6. The first-order chi connectivity index (χ1) is 37.6. The molecule has 0 atom stereocenters. The largest absolute Gasteiger partial charge is 0.314 e. The van der Waals surface area contributed by atoms with Crippen LogP contribution in [0.2, 0.25) is 0 Å². The highest BCUT2D eigenvalue weighted by Crippen LogP contribution is 2.41. The average molecular weight is 981 g/mol. The maximum absolute atomic E-state index is 4.09. The molecule has 9 aromatic rings. The molecule has 2 aliphatic carbocycles. The Balaban J connectivity index is 0.815. The summed E-state index contributed by atoms with van der Waals surface area (Å²) in [6, 6.07) is 87.0. The topological polar surface area (TPSA) is 13.0 Å². The molecule has 0 bridgehead atoms. The highest BCUT2D eigenvalue weighted by atomic mass is 15.2. The number of anilines is 9. The molecule has 9 aromatic carbocycles. The maximum Gasteiger partial charge on any atom is 0.0462 e. The monoisotopic (exact) mass is 980 g/mol. The Hall–Kier alpha value is -9.64. The molecule has 0 saturated carbocycles. The molecule has 0 N–H and O–H groups in total. The lowest BCUT2D eigenvalue weighted by Gasteiger charge is -2.30. The van der Waals surface area contributed by atoms with E-state index >= 15 is 0 Å². The van der Waals surface area contributed by atoms with Crippen molar-refractivity contribution in [3.05, 3.63) is 327 Å². The number of hydrogen-bond donors (Lipinski definition) is 0. The van der Waals surface area contributed by atoms with Gasteiger partial charge in [-0.15, -0.1) is 0 Å². The molecular weight excluding hydrogens is 921 g/mol. The molecule has 0 aromatic heterocycles. The summed E-state index contributed by atoms with van der Waals surface area (Å²) < 4.78 is 0. The summed E-state index contributed by atoms with van der Waals surface area (Å²) in [5, 5.41) is 0. The quantitative estimate of drug-likeness (QED) is 0.0843. The van der Waals surface area contributed by atoms with Gasteiger partial charge in [0.1, 0.15) is 0 Å². The van der Waals surface area contributed by atoms with Gasteiger partial charge >= 0.3 is 0 Å². The van der Waals surface area contributed by atoms with Gasteiger partial charge in [0.05, 0.1) is 0 Å². The molecule has 368 valence electrons. The van der Waals surface area contributed by atoms with E-state index in [2.05, 4.69) is 300 Å². The molecule has 0 unspecified atom stereocenters. The number of benzene rings is 9. The summed E-state index contributed by atoms with van der Waals surface area (Å²) in [6.45, 7) is 8.03. The molecule has 0 amide bonds. The number of nitrogens with zero attached hydrogens (tertiary/aromatic N) is 4. The van der Waals surface area contributed by atoms with Gasteiger partial charge in [-0.1, -0.05) is 171 Å². The fourth-order valence-corrected chi connectivity index (χ4v) is 10.3. The van der Waals surface area contributed by atoms with Gasteiger partial charge in [0.15, 0.2) is 0 Å². The Labute approximate surface area is 449 Å². The zero-order valence-electron chi connectivity index (χ0n) is 42.7. The third-order valence-corrected chi connectivity index (χ3v) is 14.1. The average Bonchev–Trinajstić information content (AvgIpc) is 3.50. The van der Waals surface area contributed by atoms with Crippen LogP contribution in [0.25, 0.3) is 27.8 Å². The number of hydrogen-bond acceptors (Lipinski definition) is 4. The predicted octanol–water partition coefficient (Wildman–Crippen LogP) is 20.2. The van der Waals surface area contributed by atoms with E-state index in [1.54, 1.807) is 6.08 Å². The van der Waals surface area contributed by atoms with Crippen molar-refractivity contribution >= 4 is 56.8 Å². The van der Waals surface area contributed by atoms with Crippen molar-refractivity contribution in [3.63, 3.8) is 0 Å². The molecule has 76 heavy (non-hydrogen) atoms. The summed E-state index contributed by atoms with van der Waals surface area (Å²) in [7, 11) is 0. The first-order valence-electron chi connectivity index (χ1n) is 26.3. The highest BCUT2D eigenvalue weighted by Gasteiger charge is 2.21. The van der Waals surface area contributed by atoms with Crippen LogP contribution < -0.4 is 19.6 Å². The van der Waals surface area contributed by atoms with E-state index in [-0.39, 0.29) is 0 Å². The van der Waals surface area contributed by atoms with Gasteiger partial charge in [0.2, 0.25) is 0 Å². The van der Waals surface area contributed by atoms with Crippen LogP contribution in [0.3, 0.4) is 0 Å². The maximum atomic E-state index is 4.09. The Morgan fingerprint density at radius 3 is 1.16 bits per heavy atom. The van der Waals surface area contributed by atoms with Crippen molar-refractivity contribution in [1.29, 1.82) is 0 Å². The van der Waals surface area contributed by atoms with E-state index in [0.717, 1.165) is 93.7 Å². The second-order valence-corrected chi connectivity index (χ2v) is 18.9. The van der Waals surface area contributed by atoms with Gasteiger partial charge in [-0.05, 0) is 193 Å². The van der Waals surface area contributed by atoms with E-state index in [4.69, 9.17) is 0 Å². The van der Waals surface area contributed by atoms with Crippen LogP contribution in [-0.4, -0.2) is 0 Å². The summed E-state index contributed by atoms with van der Waals surface area (Å²) in [4.78, 5) is 9.28. The molecule has 0 aliphatic heterocycles. The molecule has 11 rings (SSSR count). The van der Waals surface area contributed by atoms with Crippen molar-refractivity contribution in [1.82, 2.24) is 0 Å². The summed E-state index contributed by atoms with van der Waals surface area (Å²) in [5.41, 5.74) is 20.7. The lowest BCUT2D eigenvalue weighted by atomic mass is 9.94. The molecular formula is C72H60N4. The molecule has 4 heteroatoms. The molecule has 0 spiro atoms. The standard InChI is InChI=1S/C72H60N4/c1-3-20-61(4-2)73(62-21-10-5-11-22-62)67-43-31-55(32-44-67)57-35-47-69(48-36-57)75(65-27-16-8-17-28-65)71-51-39-59(40-52-71)60-41-53-72(54-42-60)76(66-29-18-9-19-30-66)70-49-37-58(38-50-70)56-33-45-68(46-34-56)74(63-23-12-6-13-24-63)64-25-14-7-15-26-64/h3-6,8-14,16-41,43-53H,1-2,7,15,42,54H2/b61-20+. The van der Waals surface area contributed by atoms with E-state index in [1.807, 2.05) is 18.2 Å². The minimum Gasteiger partial charge on any atom is -0.314 e. The second kappa shape index (κ2) is 23.1. The number of para-hydroxylation sites is 4. The van der Waals surface area contributed by atoms with Gasteiger partial charge in [0.25, 0.3) is 0 Å². The summed E-state index contributed by atoms with van der Waals surface area (Å²) >= 11 is 0. The van der Waals surface area contributed by atoms with Gasteiger partial charge in [0, 0.05) is 68.3 Å². The summed E-state index contributed by atoms with van der Waals surface area (Å²) in [5.74, 6) is 0. The Morgan fingerprint density at radius 2 is 0.737 bits per heavy atom. The molecule has 0 heterocycles. The Bertz CT molecular complexity index is 3560. The van der Waals surface area contributed by atoms with Gasteiger partial charge < -0.3 is 19.6 Å². The van der Waals surface area contributed by atoms with Crippen LogP contribution in [0, 0.1) is 0 Å². The zero-order valence-corrected chi connectivity index (χ0v) is 42.7. The van der Waals surface area contributed by atoms with E-state index < -0.39 is 0 Å². The lowest BCUT2D eigenvalue weighted by molar-refractivity contribution is 0.930. The fraction of sp³-hybridized carbons (Fsp3) is 0.0556. The van der Waals surface area contributed by atoms with Crippen LogP contribution in [0.5, 0.6) is 0 Å². The Morgan fingerprint density at radius 1 is 0.355 bits per heavy atom. The first-order valence-corrected chi connectivity index (χ1v) is 26.3. The van der Waals surface area contributed by atoms with Crippen molar-refractivity contribution in [3.8, 4) is 22.3 Å². The van der Waals surface area contributed by atoms with Crippen molar-refractivity contribution < 1.29 is 0 Å². The molecule has 0 fully saturated rings. The molecule has 0 saturated heterocycles. The van der Waals surface area contributed by atoms with Crippen LogP contribution >= 0.6 is 0 Å². The highest BCUT2D eigenvalue weighted by molar-refractivity contribution is 5.82. The molecule has 0 radical (unpaired) electrons. The summed E-state index contributed by atoms with van der Waals surface area (Å²) in [6.07, 6.45) is 21.1.